The van der Waals surface area contributed by atoms with Crippen LogP contribution in [0.1, 0.15) is 55.7 Å². The summed E-state index contributed by atoms with van der Waals surface area (Å²) in [5.41, 5.74) is 4.11. The van der Waals surface area contributed by atoms with Crippen molar-refractivity contribution in [3.05, 3.63) is 85.3 Å². The molecule has 0 unspecified atom stereocenters. The lowest BCUT2D eigenvalue weighted by molar-refractivity contribution is -0.402. The van der Waals surface area contributed by atoms with Gasteiger partial charge in [-0.2, -0.15) is 8.42 Å². The minimum Gasteiger partial charge on any atom is -0.382 e. The van der Waals surface area contributed by atoms with Gasteiger partial charge in [0.05, 0.1) is 15.9 Å². The lowest BCUT2D eigenvalue weighted by atomic mass is 9.90. The summed E-state index contributed by atoms with van der Waals surface area (Å²) in [6.45, 7) is 7.80. The number of para-hydroxylation sites is 1. The second kappa shape index (κ2) is 14.9. The maximum absolute atomic E-state index is 13.3. The number of rotatable bonds is 10. The van der Waals surface area contributed by atoms with Gasteiger partial charge in [0.25, 0.3) is 5.91 Å². The minimum absolute atomic E-state index is 0.165. The summed E-state index contributed by atoms with van der Waals surface area (Å²) in [6, 6.07) is 13.6. The standard InChI is InChI=1S/C28H34Cl2N4O4S.NO3/c1-20-25(27(35)32-33-15-8-5-9-16-33)31-26(23-13-12-21(29)18-24(23)30)34(20)19-28(2,3)14-17-39(36,37)38-22-10-6-4-7-11-22;2-1(3)4/h4,6-7,10-13,18H,5,8-9,14-17,19H2,1-3H3,(H,32,35);/q;-1. The van der Waals surface area contributed by atoms with Crippen molar-refractivity contribution in [2.45, 2.75) is 53.0 Å². The quantitative estimate of drug-likeness (QED) is 0.160. The molecule has 0 saturated carbocycles. The van der Waals surface area contributed by atoms with Crippen LogP contribution < -0.4 is 9.61 Å². The number of aromatic nitrogens is 2. The first-order valence-corrected chi connectivity index (χ1v) is 15.9. The minimum atomic E-state index is -3.80. The Kier molecular flexibility index (Phi) is 11.8. The molecule has 1 N–H and O–H groups in total. The Morgan fingerprint density at radius 1 is 1.09 bits per heavy atom. The van der Waals surface area contributed by atoms with E-state index in [2.05, 4.69) is 5.43 Å². The Morgan fingerprint density at radius 3 is 2.33 bits per heavy atom. The summed E-state index contributed by atoms with van der Waals surface area (Å²) in [5.74, 6) is 0.359. The van der Waals surface area contributed by atoms with E-state index >= 15 is 0 Å². The van der Waals surface area contributed by atoms with E-state index < -0.39 is 20.6 Å². The molecule has 0 bridgehead atoms. The van der Waals surface area contributed by atoms with Crippen molar-refractivity contribution < 1.29 is 22.5 Å². The van der Waals surface area contributed by atoms with Gasteiger partial charge in [0, 0.05) is 35.9 Å². The molecule has 2 heterocycles. The molecule has 1 amide bonds. The molecule has 1 aromatic heterocycles. The molecule has 3 aromatic rings. The van der Waals surface area contributed by atoms with Crippen molar-refractivity contribution >= 4 is 39.2 Å². The number of hydrogen-bond donors (Lipinski definition) is 1. The van der Waals surface area contributed by atoms with E-state index in [9.17, 15) is 13.2 Å². The first-order chi connectivity index (χ1) is 20.2. The van der Waals surface area contributed by atoms with Crippen molar-refractivity contribution in [1.29, 1.82) is 0 Å². The van der Waals surface area contributed by atoms with E-state index in [0.717, 1.165) is 32.4 Å². The van der Waals surface area contributed by atoms with Gasteiger partial charge in [-0.25, -0.2) is 9.99 Å². The fraction of sp³-hybridized carbons (Fsp3) is 0.429. The van der Waals surface area contributed by atoms with Crippen LogP contribution in [0.25, 0.3) is 11.4 Å². The fourth-order valence-corrected chi connectivity index (χ4v) is 6.38. The SMILES string of the molecule is Cc1c(C(=O)NN2CCCCC2)nc(-c2ccc(Cl)cc2Cl)n1CC(C)(C)CCS(=O)(=O)Oc1ccccc1.O=[N+]([O-])[O-]. The Balaban J connectivity index is 0.00000119. The molecule has 2 aromatic carbocycles. The third-order valence-corrected chi connectivity index (χ3v) is 8.50. The normalized spacial score (nSPS) is 14.0. The van der Waals surface area contributed by atoms with Crippen LogP contribution in [0.15, 0.2) is 48.5 Å². The number of amides is 1. The summed E-state index contributed by atoms with van der Waals surface area (Å²) in [6.07, 6.45) is 3.54. The predicted molar refractivity (Wildman–Crippen MR) is 165 cm³/mol. The van der Waals surface area contributed by atoms with E-state index in [1.807, 2.05) is 30.3 Å². The van der Waals surface area contributed by atoms with Gasteiger partial charge < -0.3 is 24.1 Å². The molecule has 15 heteroatoms. The molecular formula is C28H34Cl2N5O7S-. The number of halogens is 2. The molecule has 0 aliphatic carbocycles. The summed E-state index contributed by atoms with van der Waals surface area (Å²) in [4.78, 5) is 26.3. The molecule has 43 heavy (non-hydrogen) atoms. The number of nitrogens with zero attached hydrogens (tertiary/aromatic N) is 4. The van der Waals surface area contributed by atoms with Crippen LogP contribution in [0.5, 0.6) is 5.75 Å². The zero-order valence-electron chi connectivity index (χ0n) is 24.1. The summed E-state index contributed by atoms with van der Waals surface area (Å²) < 4.78 is 32.6. The smallest absolute Gasteiger partial charge is 0.309 e. The second-order valence-electron chi connectivity index (χ2n) is 10.9. The largest absolute Gasteiger partial charge is 0.382 e. The van der Waals surface area contributed by atoms with Crippen LogP contribution in [0.2, 0.25) is 10.0 Å². The highest BCUT2D eigenvalue weighted by Gasteiger charge is 2.29. The zero-order valence-corrected chi connectivity index (χ0v) is 26.4. The summed E-state index contributed by atoms with van der Waals surface area (Å²) in [7, 11) is -3.80. The maximum atomic E-state index is 13.3. The van der Waals surface area contributed by atoms with E-state index in [1.54, 1.807) is 48.5 Å². The number of imidazole rings is 1. The van der Waals surface area contributed by atoms with Crippen LogP contribution in [-0.2, 0) is 16.7 Å². The molecule has 12 nitrogen and oxygen atoms in total. The zero-order chi connectivity index (χ0) is 31.8. The number of hydrazine groups is 1. The van der Waals surface area contributed by atoms with Crippen molar-refractivity contribution in [3.63, 3.8) is 0 Å². The van der Waals surface area contributed by atoms with Gasteiger partial charge in [0.15, 0.2) is 5.69 Å². The van der Waals surface area contributed by atoms with Crippen LogP contribution in [-0.4, -0.2) is 52.8 Å². The average molecular weight is 656 g/mol. The van der Waals surface area contributed by atoms with E-state index in [1.165, 1.54) is 0 Å². The van der Waals surface area contributed by atoms with Gasteiger partial charge in [0.2, 0.25) is 0 Å². The van der Waals surface area contributed by atoms with Gasteiger partial charge >= 0.3 is 10.1 Å². The van der Waals surface area contributed by atoms with Crippen molar-refractivity contribution in [1.82, 2.24) is 20.0 Å². The van der Waals surface area contributed by atoms with Gasteiger partial charge in [-0.3, -0.25) is 10.2 Å². The summed E-state index contributed by atoms with van der Waals surface area (Å²) >= 11 is 12.7. The van der Waals surface area contributed by atoms with Gasteiger partial charge in [-0.05, 0) is 61.9 Å². The van der Waals surface area contributed by atoms with Crippen LogP contribution in [0, 0.1) is 27.7 Å². The first-order valence-electron chi connectivity index (χ1n) is 13.5. The Morgan fingerprint density at radius 2 is 1.72 bits per heavy atom. The highest BCUT2D eigenvalue weighted by molar-refractivity contribution is 7.87. The Labute approximate surface area is 260 Å². The van der Waals surface area contributed by atoms with Crippen LogP contribution >= 0.6 is 23.2 Å². The number of hydrogen-bond acceptors (Lipinski definition) is 9. The third kappa shape index (κ3) is 10.4. The third-order valence-electron chi connectivity index (χ3n) is 6.81. The van der Waals surface area contributed by atoms with E-state index in [-0.39, 0.29) is 17.4 Å². The molecular weight excluding hydrogens is 621 g/mol. The molecule has 0 radical (unpaired) electrons. The second-order valence-corrected chi connectivity index (χ2v) is 13.4. The van der Waals surface area contributed by atoms with E-state index in [0.29, 0.717) is 45.8 Å². The molecule has 1 aliphatic heterocycles. The lowest BCUT2D eigenvalue weighted by Crippen LogP contribution is -2.45. The number of carbonyl (C=O) groups is 1. The van der Waals surface area contributed by atoms with Crippen molar-refractivity contribution in [2.75, 3.05) is 18.8 Å². The monoisotopic (exact) mass is 654 g/mol. The number of carbonyl (C=O) groups excluding carboxylic acids is 1. The molecule has 1 saturated heterocycles. The summed E-state index contributed by atoms with van der Waals surface area (Å²) in [5, 5.41) is 17.6. The number of piperidine rings is 1. The number of benzene rings is 2. The van der Waals surface area contributed by atoms with Crippen LogP contribution in [0.3, 0.4) is 0 Å². The van der Waals surface area contributed by atoms with Crippen molar-refractivity contribution in [3.8, 4) is 17.1 Å². The molecule has 0 atom stereocenters. The molecule has 0 spiro atoms. The van der Waals surface area contributed by atoms with E-state index in [4.69, 9.17) is 47.7 Å². The predicted octanol–water partition coefficient (Wildman–Crippen LogP) is 5.88. The van der Waals surface area contributed by atoms with Crippen LogP contribution in [0.4, 0.5) is 0 Å². The Bertz CT molecular complexity index is 1520. The molecule has 1 aliphatic rings. The fourth-order valence-electron chi connectivity index (χ4n) is 4.59. The highest BCUT2D eigenvalue weighted by atomic mass is 35.5. The molecule has 1 fully saturated rings. The maximum Gasteiger partial charge on any atom is 0.309 e. The first kappa shape index (κ1) is 34.1. The van der Waals surface area contributed by atoms with Gasteiger partial charge in [-0.15, -0.1) is 0 Å². The van der Waals surface area contributed by atoms with Gasteiger partial charge in [0.1, 0.15) is 11.6 Å². The Hall–Kier alpha value is -3.39. The van der Waals surface area contributed by atoms with Gasteiger partial charge in [-0.1, -0.05) is 61.7 Å². The average Bonchev–Trinajstić information content (AvgIpc) is 3.23. The molecule has 234 valence electrons. The molecule has 4 rings (SSSR count). The highest BCUT2D eigenvalue weighted by Crippen LogP contribution is 2.34. The topological polar surface area (TPSA) is 160 Å². The number of nitrogens with one attached hydrogen (secondary N) is 1. The lowest BCUT2D eigenvalue weighted by Gasteiger charge is -2.27. The van der Waals surface area contributed by atoms with Crippen molar-refractivity contribution in [2.24, 2.45) is 5.41 Å².